The highest BCUT2D eigenvalue weighted by Gasteiger charge is 2.39. The van der Waals surface area contributed by atoms with Crippen molar-refractivity contribution in [3.63, 3.8) is 0 Å². The zero-order chi connectivity index (χ0) is 25.2. The number of para-hydroxylation sites is 1. The molecule has 6 nitrogen and oxygen atoms in total. The molecule has 2 aliphatic heterocycles. The van der Waals surface area contributed by atoms with Crippen molar-refractivity contribution in [2.75, 3.05) is 23.8 Å². The summed E-state index contributed by atoms with van der Waals surface area (Å²) in [7, 11) is 2.01. The van der Waals surface area contributed by atoms with E-state index in [-0.39, 0.29) is 5.91 Å². The summed E-state index contributed by atoms with van der Waals surface area (Å²) in [6, 6.07) is 23.7. The van der Waals surface area contributed by atoms with E-state index in [2.05, 4.69) is 35.3 Å². The summed E-state index contributed by atoms with van der Waals surface area (Å²) in [6.07, 6.45) is 0. The topological polar surface area (TPSA) is 71.7 Å². The van der Waals surface area contributed by atoms with E-state index in [1.165, 1.54) is 17.3 Å². The highest BCUT2D eigenvalue weighted by molar-refractivity contribution is 8.19. The Morgan fingerprint density at radius 1 is 1.06 bits per heavy atom. The number of aryl methyl sites for hydroxylation is 1. The minimum atomic E-state index is -0.0659. The SMILES string of the molecule is CCNc1ccc(C#N)cc1/N=C1\S/C(=C2\Sc3cccc(C)c3N2C)C(=O)N1Cc1ccccc1. The summed E-state index contributed by atoms with van der Waals surface area (Å²) in [4.78, 5) is 24.5. The second-order valence-electron chi connectivity index (χ2n) is 8.46. The normalized spacial score (nSPS) is 18.1. The number of amidine groups is 1. The van der Waals surface area contributed by atoms with Gasteiger partial charge in [-0.1, -0.05) is 54.2 Å². The highest BCUT2D eigenvalue weighted by Crippen LogP contribution is 2.51. The van der Waals surface area contributed by atoms with Crippen LogP contribution in [0.5, 0.6) is 0 Å². The number of rotatable bonds is 5. The molecule has 5 rings (SSSR count). The highest BCUT2D eigenvalue weighted by atomic mass is 32.2. The van der Waals surface area contributed by atoms with Gasteiger partial charge in [0.2, 0.25) is 0 Å². The molecule has 1 N–H and O–H groups in total. The van der Waals surface area contributed by atoms with Gasteiger partial charge in [-0.2, -0.15) is 5.26 Å². The Kier molecular flexibility index (Phi) is 6.77. The van der Waals surface area contributed by atoms with E-state index >= 15 is 0 Å². The lowest BCUT2D eigenvalue weighted by atomic mass is 10.2. The lowest BCUT2D eigenvalue weighted by Gasteiger charge is -2.18. The van der Waals surface area contributed by atoms with Crippen LogP contribution in [0.4, 0.5) is 17.1 Å². The Morgan fingerprint density at radius 3 is 2.58 bits per heavy atom. The monoisotopic (exact) mass is 511 g/mol. The van der Waals surface area contributed by atoms with Crippen molar-refractivity contribution >= 4 is 51.7 Å². The van der Waals surface area contributed by atoms with Gasteiger partial charge < -0.3 is 10.2 Å². The van der Waals surface area contributed by atoms with Crippen LogP contribution in [-0.2, 0) is 11.3 Å². The van der Waals surface area contributed by atoms with Gasteiger partial charge in [-0.05, 0) is 61.0 Å². The first-order chi connectivity index (χ1) is 17.5. The maximum Gasteiger partial charge on any atom is 0.269 e. The second kappa shape index (κ2) is 10.1. The van der Waals surface area contributed by atoms with Crippen LogP contribution in [0.15, 0.2) is 86.6 Å². The maximum atomic E-state index is 13.9. The second-order valence-corrected chi connectivity index (χ2v) is 10.5. The molecule has 1 saturated heterocycles. The molecule has 36 heavy (non-hydrogen) atoms. The van der Waals surface area contributed by atoms with E-state index in [1.807, 2.05) is 56.4 Å². The van der Waals surface area contributed by atoms with Crippen LogP contribution in [0.3, 0.4) is 0 Å². The Balaban J connectivity index is 1.60. The van der Waals surface area contributed by atoms with Crippen molar-refractivity contribution in [2.24, 2.45) is 4.99 Å². The molecule has 0 saturated carbocycles. The molecular weight excluding hydrogens is 486 g/mol. The van der Waals surface area contributed by atoms with Gasteiger partial charge in [0, 0.05) is 18.5 Å². The molecule has 1 amide bonds. The van der Waals surface area contributed by atoms with Crippen molar-refractivity contribution in [2.45, 2.75) is 25.3 Å². The van der Waals surface area contributed by atoms with Gasteiger partial charge in [0.05, 0.1) is 40.3 Å². The average molecular weight is 512 g/mol. The Hall–Kier alpha value is -3.67. The Bertz CT molecular complexity index is 1440. The number of anilines is 2. The van der Waals surface area contributed by atoms with E-state index in [1.54, 1.807) is 28.8 Å². The third-order valence-corrected chi connectivity index (χ3v) is 8.42. The number of amides is 1. The number of carbonyl (C=O) groups excluding carboxylic acids is 1. The molecule has 8 heteroatoms. The van der Waals surface area contributed by atoms with Crippen molar-refractivity contribution in [3.8, 4) is 6.07 Å². The molecule has 0 unspecified atom stereocenters. The molecule has 0 aromatic heterocycles. The van der Waals surface area contributed by atoms with E-state index < -0.39 is 0 Å². The first-order valence-corrected chi connectivity index (χ1v) is 13.3. The van der Waals surface area contributed by atoms with Crippen LogP contribution in [-0.4, -0.2) is 29.6 Å². The molecule has 3 aromatic carbocycles. The van der Waals surface area contributed by atoms with Crippen LogP contribution < -0.4 is 10.2 Å². The van der Waals surface area contributed by atoms with Gasteiger partial charge in [0.1, 0.15) is 4.91 Å². The van der Waals surface area contributed by atoms with Gasteiger partial charge in [-0.3, -0.25) is 9.69 Å². The largest absolute Gasteiger partial charge is 0.384 e. The number of hydrogen-bond acceptors (Lipinski definition) is 7. The van der Waals surface area contributed by atoms with Crippen LogP contribution in [0.25, 0.3) is 0 Å². The molecule has 0 aliphatic carbocycles. The number of aliphatic imine (C=N–C) groups is 1. The Morgan fingerprint density at radius 2 is 1.86 bits per heavy atom. The standard InChI is InChI=1S/C28H25N5OS2/c1-4-30-21-14-13-20(16-29)15-22(21)31-28-33(17-19-10-6-5-7-11-19)26(34)25(36-28)27-32(3)24-18(2)9-8-12-23(24)35-27/h5-15,30H,4,17H2,1-3H3/b27-25-,31-28-. The fraction of sp³-hybridized carbons (Fsp3) is 0.179. The van der Waals surface area contributed by atoms with Crippen LogP contribution in [0.2, 0.25) is 0 Å². The zero-order valence-corrected chi connectivity index (χ0v) is 21.9. The van der Waals surface area contributed by atoms with E-state index in [0.29, 0.717) is 27.9 Å². The number of fused-ring (bicyclic) bond motifs is 1. The summed E-state index contributed by atoms with van der Waals surface area (Å²) in [6.45, 7) is 5.24. The number of hydrogen-bond donors (Lipinski definition) is 1. The van der Waals surface area contributed by atoms with Crippen molar-refractivity contribution < 1.29 is 4.79 Å². The lowest BCUT2D eigenvalue weighted by Crippen LogP contribution is -2.29. The molecule has 0 atom stereocenters. The number of nitrogens with zero attached hydrogens (tertiary/aromatic N) is 4. The molecule has 0 bridgehead atoms. The summed E-state index contributed by atoms with van der Waals surface area (Å²) < 4.78 is 0. The predicted octanol–water partition coefficient (Wildman–Crippen LogP) is 6.47. The summed E-state index contributed by atoms with van der Waals surface area (Å²) in [5, 5.41) is 14.3. The van der Waals surface area contributed by atoms with Crippen LogP contribution in [0, 0.1) is 18.3 Å². The fourth-order valence-corrected chi connectivity index (χ4v) is 6.69. The van der Waals surface area contributed by atoms with Gasteiger partial charge >= 0.3 is 0 Å². The molecule has 2 aliphatic rings. The van der Waals surface area contributed by atoms with E-state index in [4.69, 9.17) is 4.99 Å². The van der Waals surface area contributed by atoms with Crippen LogP contribution >= 0.6 is 23.5 Å². The number of benzene rings is 3. The maximum absolute atomic E-state index is 13.9. The average Bonchev–Trinajstić information content (AvgIpc) is 3.38. The van der Waals surface area contributed by atoms with Crippen molar-refractivity contribution in [1.82, 2.24) is 4.90 Å². The third kappa shape index (κ3) is 4.48. The van der Waals surface area contributed by atoms with E-state index in [0.717, 1.165) is 33.4 Å². The number of nitrogens with one attached hydrogen (secondary N) is 1. The predicted molar refractivity (Wildman–Crippen MR) is 149 cm³/mol. The molecule has 2 heterocycles. The van der Waals surface area contributed by atoms with Crippen LogP contribution in [0.1, 0.15) is 23.6 Å². The summed E-state index contributed by atoms with van der Waals surface area (Å²) in [5.41, 5.74) is 5.32. The number of thioether (sulfide) groups is 2. The minimum Gasteiger partial charge on any atom is -0.384 e. The molecule has 180 valence electrons. The molecule has 0 radical (unpaired) electrons. The minimum absolute atomic E-state index is 0.0659. The molecule has 3 aromatic rings. The lowest BCUT2D eigenvalue weighted by molar-refractivity contribution is -0.122. The van der Waals surface area contributed by atoms with Crippen molar-refractivity contribution in [3.05, 3.63) is 93.4 Å². The molecule has 1 fully saturated rings. The quantitative estimate of drug-likeness (QED) is 0.396. The smallest absolute Gasteiger partial charge is 0.269 e. The molecular formula is C28H25N5OS2. The Labute approximate surface area is 219 Å². The summed E-state index contributed by atoms with van der Waals surface area (Å²) in [5.74, 6) is -0.0659. The van der Waals surface area contributed by atoms with E-state index in [9.17, 15) is 10.1 Å². The number of carbonyl (C=O) groups is 1. The third-order valence-electron chi connectivity index (χ3n) is 6.00. The first-order valence-electron chi connectivity index (χ1n) is 11.7. The fourth-order valence-electron chi connectivity index (χ4n) is 4.28. The summed E-state index contributed by atoms with van der Waals surface area (Å²) >= 11 is 3.01. The number of nitriles is 1. The molecule has 0 spiro atoms. The van der Waals surface area contributed by atoms with Gasteiger partial charge in [0.15, 0.2) is 5.17 Å². The van der Waals surface area contributed by atoms with Crippen molar-refractivity contribution in [1.29, 1.82) is 5.26 Å². The van der Waals surface area contributed by atoms with Gasteiger partial charge in [-0.25, -0.2) is 4.99 Å². The first kappa shape index (κ1) is 24.0. The van der Waals surface area contributed by atoms with Gasteiger partial charge in [0.25, 0.3) is 5.91 Å². The van der Waals surface area contributed by atoms with Gasteiger partial charge in [-0.15, -0.1) is 0 Å². The zero-order valence-electron chi connectivity index (χ0n) is 20.3.